The average Bonchev–Trinajstić information content (AvgIpc) is 2.39. The average molecular weight is 328 g/mol. The molecule has 0 amide bonds. The number of benzene rings is 1. The molecule has 0 bridgehead atoms. The lowest BCUT2D eigenvalue weighted by atomic mass is 9.95. The summed E-state index contributed by atoms with van der Waals surface area (Å²) in [5, 5.41) is 3.54. The fraction of sp³-hybridized carbons (Fsp3) is 0.625. The van der Waals surface area contributed by atoms with Gasteiger partial charge in [-0.25, -0.2) is 0 Å². The number of ether oxygens (including phenoxy) is 1. The van der Waals surface area contributed by atoms with Gasteiger partial charge in [0.15, 0.2) is 0 Å². The maximum absolute atomic E-state index is 5.64. The number of rotatable bonds is 9. The Morgan fingerprint density at radius 2 is 1.95 bits per heavy atom. The molecule has 0 fully saturated rings. The Labute approximate surface area is 126 Å². The van der Waals surface area contributed by atoms with E-state index in [9.17, 15) is 0 Å². The van der Waals surface area contributed by atoms with Gasteiger partial charge in [0.25, 0.3) is 0 Å². The zero-order chi connectivity index (χ0) is 14.1. The first kappa shape index (κ1) is 16.7. The van der Waals surface area contributed by atoms with Crippen LogP contribution < -0.4 is 5.32 Å². The van der Waals surface area contributed by atoms with Crippen LogP contribution in [0.4, 0.5) is 0 Å². The highest BCUT2D eigenvalue weighted by Gasteiger charge is 2.14. The van der Waals surface area contributed by atoms with Crippen molar-refractivity contribution >= 4 is 15.9 Å². The highest BCUT2D eigenvalue weighted by molar-refractivity contribution is 9.10. The van der Waals surface area contributed by atoms with Gasteiger partial charge >= 0.3 is 0 Å². The van der Waals surface area contributed by atoms with Gasteiger partial charge in [-0.1, -0.05) is 54.9 Å². The Morgan fingerprint density at radius 1 is 1.21 bits per heavy atom. The molecule has 0 aliphatic carbocycles. The number of hydrogen-bond donors (Lipinski definition) is 1. The molecule has 0 aliphatic rings. The summed E-state index contributed by atoms with van der Waals surface area (Å²) in [6.07, 6.45) is 2.15. The standard InChI is InChI=1S/C16H26BrNO/c1-4-10-19-11-9-14(12-18-13(2)3)15-7-5-6-8-16(15)17/h5-8,13-14,18H,4,9-12H2,1-3H3. The van der Waals surface area contributed by atoms with Crippen LogP contribution in [0.3, 0.4) is 0 Å². The molecule has 1 unspecified atom stereocenters. The molecule has 0 aromatic heterocycles. The van der Waals surface area contributed by atoms with Crippen molar-refractivity contribution in [1.29, 1.82) is 0 Å². The lowest BCUT2D eigenvalue weighted by Gasteiger charge is -2.21. The molecule has 3 heteroatoms. The van der Waals surface area contributed by atoms with Gasteiger partial charge in [-0.2, -0.15) is 0 Å². The van der Waals surface area contributed by atoms with Crippen LogP contribution in [0.15, 0.2) is 28.7 Å². The van der Waals surface area contributed by atoms with Crippen molar-refractivity contribution in [3.63, 3.8) is 0 Å². The van der Waals surface area contributed by atoms with Crippen LogP contribution in [0.5, 0.6) is 0 Å². The Balaban J connectivity index is 2.60. The van der Waals surface area contributed by atoms with Crippen LogP contribution >= 0.6 is 15.9 Å². The quantitative estimate of drug-likeness (QED) is 0.681. The zero-order valence-electron chi connectivity index (χ0n) is 12.3. The predicted molar refractivity (Wildman–Crippen MR) is 85.7 cm³/mol. The van der Waals surface area contributed by atoms with Crippen LogP contribution in [0, 0.1) is 0 Å². The summed E-state index contributed by atoms with van der Waals surface area (Å²) in [5.41, 5.74) is 1.37. The Bertz CT molecular complexity index is 354. The largest absolute Gasteiger partial charge is 0.381 e. The minimum absolute atomic E-state index is 0.495. The van der Waals surface area contributed by atoms with E-state index in [4.69, 9.17) is 4.74 Å². The minimum Gasteiger partial charge on any atom is -0.381 e. The molecular formula is C16H26BrNO. The molecule has 19 heavy (non-hydrogen) atoms. The Morgan fingerprint density at radius 3 is 2.58 bits per heavy atom. The molecule has 0 heterocycles. The molecule has 0 spiro atoms. The third-order valence-corrected chi connectivity index (χ3v) is 3.80. The fourth-order valence-electron chi connectivity index (χ4n) is 2.02. The first-order chi connectivity index (χ1) is 9.15. The van der Waals surface area contributed by atoms with Gasteiger partial charge in [-0.3, -0.25) is 0 Å². The fourth-order valence-corrected chi connectivity index (χ4v) is 2.63. The van der Waals surface area contributed by atoms with Crippen molar-refractivity contribution in [1.82, 2.24) is 5.32 Å². The highest BCUT2D eigenvalue weighted by atomic mass is 79.9. The van der Waals surface area contributed by atoms with E-state index in [2.05, 4.69) is 66.3 Å². The minimum atomic E-state index is 0.495. The van der Waals surface area contributed by atoms with E-state index in [0.717, 1.165) is 32.6 Å². The molecule has 108 valence electrons. The monoisotopic (exact) mass is 327 g/mol. The van der Waals surface area contributed by atoms with Crippen LogP contribution in [0.1, 0.15) is 45.1 Å². The van der Waals surface area contributed by atoms with Gasteiger partial charge in [0.2, 0.25) is 0 Å². The van der Waals surface area contributed by atoms with Crippen molar-refractivity contribution in [3.8, 4) is 0 Å². The van der Waals surface area contributed by atoms with Gasteiger partial charge in [0.05, 0.1) is 0 Å². The molecular weight excluding hydrogens is 302 g/mol. The van der Waals surface area contributed by atoms with Crippen molar-refractivity contribution < 1.29 is 4.74 Å². The summed E-state index contributed by atoms with van der Waals surface area (Å²) in [4.78, 5) is 0. The van der Waals surface area contributed by atoms with Gasteiger partial charge in [-0.15, -0.1) is 0 Å². The van der Waals surface area contributed by atoms with Crippen molar-refractivity contribution in [2.45, 2.75) is 45.6 Å². The van der Waals surface area contributed by atoms with E-state index in [1.807, 2.05) is 0 Å². The maximum Gasteiger partial charge on any atom is 0.0472 e. The number of nitrogens with one attached hydrogen (secondary N) is 1. The van der Waals surface area contributed by atoms with Crippen LogP contribution in [0.25, 0.3) is 0 Å². The summed E-state index contributed by atoms with van der Waals surface area (Å²) in [7, 11) is 0. The summed E-state index contributed by atoms with van der Waals surface area (Å²) < 4.78 is 6.83. The van der Waals surface area contributed by atoms with Crippen LogP contribution in [-0.4, -0.2) is 25.8 Å². The lowest BCUT2D eigenvalue weighted by Crippen LogP contribution is -2.28. The predicted octanol–water partition coefficient (Wildman–Crippen LogP) is 4.35. The van der Waals surface area contributed by atoms with E-state index in [1.54, 1.807) is 0 Å². The molecule has 2 nitrogen and oxygen atoms in total. The first-order valence-electron chi connectivity index (χ1n) is 7.20. The molecule has 0 aliphatic heterocycles. The van der Waals surface area contributed by atoms with Crippen LogP contribution in [-0.2, 0) is 4.74 Å². The zero-order valence-corrected chi connectivity index (χ0v) is 13.9. The molecule has 0 radical (unpaired) electrons. The normalized spacial score (nSPS) is 12.9. The SMILES string of the molecule is CCCOCCC(CNC(C)C)c1ccccc1Br. The lowest BCUT2D eigenvalue weighted by molar-refractivity contribution is 0.127. The van der Waals surface area contributed by atoms with Gasteiger partial charge < -0.3 is 10.1 Å². The Kier molecular flexibility index (Phi) is 8.35. The summed E-state index contributed by atoms with van der Waals surface area (Å²) in [6, 6.07) is 9.01. The topological polar surface area (TPSA) is 21.3 Å². The number of halogens is 1. The van der Waals surface area contributed by atoms with Gasteiger partial charge in [0.1, 0.15) is 0 Å². The second kappa shape index (κ2) is 9.51. The Hall–Kier alpha value is -0.380. The summed E-state index contributed by atoms with van der Waals surface area (Å²) in [5.74, 6) is 0.495. The van der Waals surface area contributed by atoms with Crippen molar-refractivity contribution in [2.24, 2.45) is 0 Å². The number of hydrogen-bond acceptors (Lipinski definition) is 2. The van der Waals surface area contributed by atoms with E-state index in [0.29, 0.717) is 12.0 Å². The van der Waals surface area contributed by atoms with Gasteiger partial charge in [-0.05, 0) is 30.4 Å². The van der Waals surface area contributed by atoms with E-state index >= 15 is 0 Å². The smallest absolute Gasteiger partial charge is 0.0472 e. The van der Waals surface area contributed by atoms with Gasteiger partial charge in [0, 0.05) is 30.3 Å². The molecule has 1 aromatic rings. The molecule has 1 atom stereocenters. The maximum atomic E-state index is 5.64. The molecule has 1 aromatic carbocycles. The molecule has 0 saturated carbocycles. The van der Waals surface area contributed by atoms with E-state index < -0.39 is 0 Å². The molecule has 1 rings (SSSR count). The van der Waals surface area contributed by atoms with Crippen LogP contribution in [0.2, 0.25) is 0 Å². The summed E-state index contributed by atoms with van der Waals surface area (Å²) >= 11 is 3.66. The third kappa shape index (κ3) is 6.55. The van der Waals surface area contributed by atoms with E-state index in [1.165, 1.54) is 10.0 Å². The second-order valence-corrected chi connectivity index (χ2v) is 6.04. The summed E-state index contributed by atoms with van der Waals surface area (Å²) in [6.45, 7) is 9.20. The molecule has 1 N–H and O–H groups in total. The second-order valence-electron chi connectivity index (χ2n) is 5.18. The van der Waals surface area contributed by atoms with E-state index in [-0.39, 0.29) is 0 Å². The third-order valence-electron chi connectivity index (χ3n) is 3.08. The first-order valence-corrected chi connectivity index (χ1v) is 8.00. The highest BCUT2D eigenvalue weighted by Crippen LogP contribution is 2.27. The molecule has 0 saturated heterocycles. The van der Waals surface area contributed by atoms with Crippen molar-refractivity contribution in [2.75, 3.05) is 19.8 Å². The van der Waals surface area contributed by atoms with Crippen molar-refractivity contribution in [3.05, 3.63) is 34.3 Å².